The van der Waals surface area contributed by atoms with Gasteiger partial charge < -0.3 is 35.4 Å². The third kappa shape index (κ3) is 31.8. The average Bonchev–Trinajstić information content (AvgIpc) is 3.12. The molecular formula is C40H74N2O7. The standard InChI is InChI=1S/C24H34.2C6H15NO3.C4H10O/c1-2-3-4-5-6-7-8-9-10-12-17-23-20-15-16-21-24(23)22-18-13-11-14-19-22;2*8-4-1-7(2-5-9)3-6-10;1-3-5-4-2/h11,13-16,18-21H,2-10,12,17H2,1H3;2*8-10H,1-6H2;3-4H2,1-2H3. The van der Waals surface area contributed by atoms with Crippen LogP contribution in [0.5, 0.6) is 0 Å². The Balaban J connectivity index is 0. The first-order valence-corrected chi connectivity index (χ1v) is 18.8. The molecule has 49 heavy (non-hydrogen) atoms. The molecule has 2 rings (SSSR count). The molecule has 6 N–H and O–H groups in total. The van der Waals surface area contributed by atoms with Crippen molar-refractivity contribution in [3.8, 4) is 11.1 Å². The summed E-state index contributed by atoms with van der Waals surface area (Å²) in [4.78, 5) is 3.58. The predicted molar refractivity (Wildman–Crippen MR) is 205 cm³/mol. The normalized spacial score (nSPS) is 10.6. The van der Waals surface area contributed by atoms with E-state index in [1.807, 2.05) is 13.8 Å². The van der Waals surface area contributed by atoms with Crippen molar-refractivity contribution in [1.29, 1.82) is 0 Å². The highest BCUT2D eigenvalue weighted by Crippen LogP contribution is 2.25. The molecule has 0 fully saturated rings. The second-order valence-electron chi connectivity index (χ2n) is 11.8. The number of benzene rings is 2. The first-order valence-electron chi connectivity index (χ1n) is 18.8. The zero-order valence-corrected chi connectivity index (χ0v) is 31.4. The molecule has 0 heterocycles. The Bertz CT molecular complexity index is 843. The lowest BCUT2D eigenvalue weighted by Crippen LogP contribution is -2.32. The Morgan fingerprint density at radius 1 is 0.449 bits per heavy atom. The van der Waals surface area contributed by atoms with Gasteiger partial charge >= 0.3 is 0 Å². The molecule has 0 saturated carbocycles. The lowest BCUT2D eigenvalue weighted by molar-refractivity contribution is 0.136. The molecule has 0 aliphatic heterocycles. The van der Waals surface area contributed by atoms with E-state index in [0.29, 0.717) is 39.3 Å². The first-order chi connectivity index (χ1) is 24.0. The summed E-state index contributed by atoms with van der Waals surface area (Å²) < 4.78 is 4.83. The number of unbranched alkanes of at least 4 members (excludes halogenated alkanes) is 9. The average molecular weight is 695 g/mol. The SMILES string of the molecule is CCCCCCCCCCCCc1ccccc1-c1ccccc1.CCOCC.OCCN(CCO)CCO.OCCN(CCO)CCO. The number of aliphatic hydroxyl groups excluding tert-OH is 6. The number of rotatable bonds is 26. The number of ether oxygens (including phenoxy) is 1. The lowest BCUT2D eigenvalue weighted by atomic mass is 9.95. The molecule has 0 amide bonds. The van der Waals surface area contributed by atoms with Crippen LogP contribution >= 0.6 is 0 Å². The van der Waals surface area contributed by atoms with Crippen LogP contribution in [0.1, 0.15) is 90.5 Å². The molecule has 0 aliphatic rings. The molecule has 0 unspecified atom stereocenters. The van der Waals surface area contributed by atoms with Gasteiger partial charge in [0.25, 0.3) is 0 Å². The minimum Gasteiger partial charge on any atom is -0.395 e. The van der Waals surface area contributed by atoms with Gasteiger partial charge in [0, 0.05) is 52.5 Å². The van der Waals surface area contributed by atoms with Crippen molar-refractivity contribution in [2.45, 2.75) is 91.4 Å². The van der Waals surface area contributed by atoms with Crippen LogP contribution in [0.25, 0.3) is 11.1 Å². The molecule has 2 aromatic carbocycles. The quantitative estimate of drug-likeness (QED) is 0.0717. The molecule has 9 nitrogen and oxygen atoms in total. The van der Waals surface area contributed by atoms with Crippen molar-refractivity contribution in [1.82, 2.24) is 9.80 Å². The van der Waals surface area contributed by atoms with Crippen LogP contribution in [0.3, 0.4) is 0 Å². The van der Waals surface area contributed by atoms with Crippen LogP contribution in [0, 0.1) is 0 Å². The van der Waals surface area contributed by atoms with Crippen LogP contribution in [-0.4, -0.2) is 133 Å². The molecule has 0 radical (unpaired) electrons. The number of aryl methyl sites for hydroxylation is 1. The van der Waals surface area contributed by atoms with Gasteiger partial charge in [-0.05, 0) is 43.4 Å². The van der Waals surface area contributed by atoms with Crippen molar-refractivity contribution < 1.29 is 35.4 Å². The van der Waals surface area contributed by atoms with Crippen LogP contribution in [0.2, 0.25) is 0 Å². The number of hydrogen-bond donors (Lipinski definition) is 6. The van der Waals surface area contributed by atoms with E-state index in [2.05, 4.69) is 61.5 Å². The van der Waals surface area contributed by atoms with Crippen LogP contribution in [-0.2, 0) is 11.2 Å². The molecule has 2 aromatic rings. The predicted octanol–water partition coefficient (Wildman–Crippen LogP) is 5.39. The minimum atomic E-state index is 0.0694. The van der Waals surface area contributed by atoms with Gasteiger partial charge in [0.15, 0.2) is 0 Å². The van der Waals surface area contributed by atoms with Gasteiger partial charge in [-0.2, -0.15) is 0 Å². The molecule has 0 atom stereocenters. The van der Waals surface area contributed by atoms with Crippen molar-refractivity contribution >= 4 is 0 Å². The maximum Gasteiger partial charge on any atom is 0.0558 e. The van der Waals surface area contributed by atoms with E-state index in [0.717, 1.165) is 13.2 Å². The topological polar surface area (TPSA) is 137 Å². The summed E-state index contributed by atoms with van der Waals surface area (Å²) in [6.45, 7) is 11.5. The third-order valence-electron chi connectivity index (χ3n) is 7.81. The molecular weight excluding hydrogens is 620 g/mol. The maximum absolute atomic E-state index is 8.48. The summed E-state index contributed by atoms with van der Waals surface area (Å²) >= 11 is 0. The minimum absolute atomic E-state index is 0.0694. The van der Waals surface area contributed by atoms with Crippen LogP contribution in [0.15, 0.2) is 54.6 Å². The van der Waals surface area contributed by atoms with E-state index in [4.69, 9.17) is 35.4 Å². The zero-order valence-electron chi connectivity index (χ0n) is 31.4. The Morgan fingerprint density at radius 3 is 1.18 bits per heavy atom. The highest BCUT2D eigenvalue weighted by Gasteiger charge is 2.04. The summed E-state index contributed by atoms with van der Waals surface area (Å²) in [5.41, 5.74) is 4.26. The molecule has 0 saturated heterocycles. The summed E-state index contributed by atoms with van der Waals surface area (Å²) in [6, 6.07) is 19.7. The number of hydrogen-bond acceptors (Lipinski definition) is 9. The Hall–Kier alpha value is -1.92. The second-order valence-corrected chi connectivity index (χ2v) is 11.8. The van der Waals surface area contributed by atoms with E-state index in [1.165, 1.54) is 87.3 Å². The van der Waals surface area contributed by atoms with E-state index in [-0.39, 0.29) is 39.6 Å². The summed E-state index contributed by atoms with van der Waals surface area (Å²) in [6.07, 6.45) is 15.3. The third-order valence-corrected chi connectivity index (χ3v) is 7.81. The van der Waals surface area contributed by atoms with Gasteiger partial charge in [-0.25, -0.2) is 0 Å². The van der Waals surface area contributed by atoms with Crippen molar-refractivity contribution in [3.63, 3.8) is 0 Å². The molecule has 9 heteroatoms. The zero-order chi connectivity index (χ0) is 36.6. The molecule has 286 valence electrons. The van der Waals surface area contributed by atoms with Gasteiger partial charge in [-0.15, -0.1) is 0 Å². The molecule has 0 aliphatic carbocycles. The van der Waals surface area contributed by atoms with E-state index in [9.17, 15) is 0 Å². The largest absolute Gasteiger partial charge is 0.395 e. The van der Waals surface area contributed by atoms with Crippen LogP contribution < -0.4 is 0 Å². The fourth-order valence-electron chi connectivity index (χ4n) is 5.16. The van der Waals surface area contributed by atoms with Crippen molar-refractivity contribution in [2.24, 2.45) is 0 Å². The smallest absolute Gasteiger partial charge is 0.0558 e. The fraction of sp³-hybridized carbons (Fsp3) is 0.700. The van der Waals surface area contributed by atoms with Gasteiger partial charge in [-0.1, -0.05) is 119 Å². The monoisotopic (exact) mass is 695 g/mol. The van der Waals surface area contributed by atoms with Gasteiger partial charge in [0.05, 0.1) is 39.6 Å². The fourth-order valence-corrected chi connectivity index (χ4v) is 5.16. The molecule has 0 bridgehead atoms. The Labute approximate surface area is 299 Å². The lowest BCUT2D eigenvalue weighted by Gasteiger charge is -2.17. The van der Waals surface area contributed by atoms with Gasteiger partial charge in [0.2, 0.25) is 0 Å². The molecule has 0 aromatic heterocycles. The van der Waals surface area contributed by atoms with E-state index in [1.54, 1.807) is 9.80 Å². The Kier molecular flexibility index (Phi) is 40.7. The summed E-state index contributed by atoms with van der Waals surface area (Å²) in [7, 11) is 0. The van der Waals surface area contributed by atoms with Gasteiger partial charge in [0.1, 0.15) is 0 Å². The van der Waals surface area contributed by atoms with Crippen LogP contribution in [0.4, 0.5) is 0 Å². The molecule has 0 spiro atoms. The Morgan fingerprint density at radius 2 is 0.816 bits per heavy atom. The number of aliphatic hydroxyl groups is 6. The second kappa shape index (κ2) is 40.5. The first kappa shape index (κ1) is 49.2. The number of nitrogens with zero attached hydrogens (tertiary/aromatic N) is 2. The highest BCUT2D eigenvalue weighted by molar-refractivity contribution is 5.67. The van der Waals surface area contributed by atoms with E-state index >= 15 is 0 Å². The van der Waals surface area contributed by atoms with E-state index < -0.39 is 0 Å². The van der Waals surface area contributed by atoms with Crippen molar-refractivity contribution in [3.05, 3.63) is 60.2 Å². The van der Waals surface area contributed by atoms with Gasteiger partial charge in [-0.3, -0.25) is 9.80 Å². The van der Waals surface area contributed by atoms with Crippen molar-refractivity contribution in [2.75, 3.05) is 92.1 Å². The maximum atomic E-state index is 8.48. The summed E-state index contributed by atoms with van der Waals surface area (Å²) in [5, 5.41) is 50.9. The summed E-state index contributed by atoms with van der Waals surface area (Å²) in [5.74, 6) is 0. The highest BCUT2D eigenvalue weighted by atomic mass is 16.5.